The lowest BCUT2D eigenvalue weighted by molar-refractivity contribution is -0.344. The zero-order valence-electron chi connectivity index (χ0n) is 36.5. The number of allylic oxidation sites excluding steroid dienone is 2. The molecule has 3 aliphatic rings. The predicted octanol–water partition coefficient (Wildman–Crippen LogP) is 3.44. The van der Waals surface area contributed by atoms with Gasteiger partial charge in [-0.15, -0.1) is 12.4 Å². The first kappa shape index (κ1) is 52.6. The molecule has 0 amide bonds. The Morgan fingerprint density at radius 2 is 1.69 bits per heavy atom. The quantitative estimate of drug-likeness (QED) is 0.146. The third-order valence-electron chi connectivity index (χ3n) is 10.9. The van der Waals surface area contributed by atoms with E-state index in [9.17, 15) is 34.5 Å². The van der Waals surface area contributed by atoms with Crippen LogP contribution in [0.2, 0.25) is 0 Å². The lowest BCUT2D eigenvalue weighted by Crippen LogP contribution is -2.66. The summed E-state index contributed by atoms with van der Waals surface area (Å²) in [5, 5.41) is 34.6. The number of carbonyl (C=O) groups excluding carboxylic acids is 4. The van der Waals surface area contributed by atoms with Crippen molar-refractivity contribution in [2.75, 3.05) is 21.2 Å². The molecule has 0 spiro atoms. The van der Waals surface area contributed by atoms with Gasteiger partial charge in [0, 0.05) is 39.7 Å². The molecule has 2 saturated heterocycles. The summed E-state index contributed by atoms with van der Waals surface area (Å²) in [7, 11) is 4.86. The maximum atomic E-state index is 13.2. The summed E-state index contributed by atoms with van der Waals surface area (Å²) in [5.41, 5.74) is -1.50. The van der Waals surface area contributed by atoms with E-state index in [0.717, 1.165) is 0 Å². The van der Waals surface area contributed by atoms with Gasteiger partial charge in [0.25, 0.3) is 0 Å². The Hall–Kier alpha value is -2.51. The fraction of sp³-hybridized carbons (Fsp3) is 0.810. The van der Waals surface area contributed by atoms with Gasteiger partial charge in [-0.05, 0) is 66.0 Å². The number of rotatable bonds is 12. The molecule has 0 aromatic rings. The maximum Gasteiger partial charge on any atom is 0.309 e. The Bertz CT molecular complexity index is 1390. The summed E-state index contributed by atoms with van der Waals surface area (Å²) in [6.07, 6.45) is -4.11. The maximum absolute atomic E-state index is 13.2. The van der Waals surface area contributed by atoms with Gasteiger partial charge in [0.1, 0.15) is 42.4 Å². The molecule has 16 atom stereocenters. The number of methoxy groups -OCH3 is 1. The normalized spacial score (nSPS) is 40.0. The van der Waals surface area contributed by atoms with E-state index in [4.69, 9.17) is 37.9 Å². The highest BCUT2D eigenvalue weighted by Gasteiger charge is 2.53. The highest BCUT2D eigenvalue weighted by Crippen LogP contribution is 2.38. The molecule has 3 N–H and O–H groups in total. The Morgan fingerprint density at radius 1 is 1.02 bits per heavy atom. The standard InChI is InChI=1S/C42H69NO15.ClH/c1-23(2)19-32(47)56-40-27(6)53-34(22-42(40,8)50)57-37-26(5)54-41(36(49)35(37)43(9)10)58-38-29(17-18-44)20-24(3)30(46)16-14-12-13-15-25(4)52-33(48)21-31(39(38)51-11)55-28(7)45;/h12-14,16,18,23-27,29-31,34-41,46,49-50H,15,17,19-22H2,1-11H3;1H/b13-12-,16-14-;/t24-,25-,26-,27+,29+,30+,31-,34+,35-,36-,37-,38+,39+,40+,41+,42-;/m1./s1. The van der Waals surface area contributed by atoms with Crippen LogP contribution >= 0.6 is 12.4 Å². The van der Waals surface area contributed by atoms with Crippen molar-refractivity contribution in [3.05, 3.63) is 24.3 Å². The molecule has 3 heterocycles. The van der Waals surface area contributed by atoms with Crippen LogP contribution in [-0.4, -0.2) is 151 Å². The molecule has 3 aliphatic heterocycles. The van der Waals surface area contributed by atoms with Gasteiger partial charge in [0.2, 0.25) is 0 Å². The van der Waals surface area contributed by atoms with Gasteiger partial charge in [0.15, 0.2) is 18.7 Å². The Labute approximate surface area is 355 Å². The number of cyclic esters (lactones) is 1. The largest absolute Gasteiger partial charge is 0.462 e. The van der Waals surface area contributed by atoms with Crippen LogP contribution in [0.25, 0.3) is 0 Å². The molecule has 340 valence electrons. The van der Waals surface area contributed by atoms with Crippen molar-refractivity contribution in [3.8, 4) is 0 Å². The first-order valence-corrected chi connectivity index (χ1v) is 20.4. The molecule has 17 heteroatoms. The first-order chi connectivity index (χ1) is 27.2. The molecule has 2 fully saturated rings. The number of aliphatic hydroxyl groups excluding tert-OH is 2. The van der Waals surface area contributed by atoms with E-state index in [-0.39, 0.29) is 44.0 Å². The van der Waals surface area contributed by atoms with Gasteiger partial charge < -0.3 is 62.9 Å². The fourth-order valence-corrected chi connectivity index (χ4v) is 8.08. The average molecular weight is 864 g/mol. The highest BCUT2D eigenvalue weighted by molar-refractivity contribution is 5.85. The third-order valence-corrected chi connectivity index (χ3v) is 10.9. The van der Waals surface area contributed by atoms with E-state index in [1.54, 1.807) is 71.0 Å². The monoisotopic (exact) mass is 863 g/mol. The number of hydrogen-bond donors (Lipinski definition) is 3. The van der Waals surface area contributed by atoms with E-state index >= 15 is 0 Å². The Balaban J connectivity index is 0.0000120. The number of carbonyl (C=O) groups is 4. The van der Waals surface area contributed by atoms with E-state index in [0.29, 0.717) is 12.7 Å². The van der Waals surface area contributed by atoms with Gasteiger partial charge in [0.05, 0.1) is 36.9 Å². The van der Waals surface area contributed by atoms with Gasteiger partial charge in [-0.2, -0.15) is 0 Å². The van der Waals surface area contributed by atoms with Crippen LogP contribution in [0.1, 0.15) is 93.9 Å². The van der Waals surface area contributed by atoms with Gasteiger partial charge in [-0.3, -0.25) is 14.4 Å². The van der Waals surface area contributed by atoms with Crippen LogP contribution < -0.4 is 0 Å². The molecular weight excluding hydrogens is 794 g/mol. The zero-order valence-corrected chi connectivity index (χ0v) is 37.3. The molecule has 0 aliphatic carbocycles. The van der Waals surface area contributed by atoms with Crippen molar-refractivity contribution in [2.24, 2.45) is 17.8 Å². The number of ether oxygens (including phenoxy) is 8. The Morgan fingerprint density at radius 3 is 2.27 bits per heavy atom. The van der Waals surface area contributed by atoms with Crippen LogP contribution in [0.3, 0.4) is 0 Å². The number of halogens is 1. The lowest BCUT2D eigenvalue weighted by atomic mass is 9.82. The third kappa shape index (κ3) is 15.4. The van der Waals surface area contributed by atoms with Crippen molar-refractivity contribution < 1.29 is 72.4 Å². The molecule has 0 bridgehead atoms. The minimum Gasteiger partial charge on any atom is -0.462 e. The summed E-state index contributed by atoms with van der Waals surface area (Å²) in [6.45, 7) is 13.5. The topological polar surface area (TPSA) is 206 Å². The van der Waals surface area contributed by atoms with Crippen LogP contribution in [-0.2, 0) is 57.1 Å². The van der Waals surface area contributed by atoms with Crippen LogP contribution in [0, 0.1) is 17.8 Å². The second-order valence-corrected chi connectivity index (χ2v) is 17.0. The number of aldehydes is 1. The van der Waals surface area contributed by atoms with Crippen LogP contribution in [0.5, 0.6) is 0 Å². The number of nitrogens with zero attached hydrogens (tertiary/aromatic N) is 1. The van der Waals surface area contributed by atoms with Crippen molar-refractivity contribution >= 4 is 36.6 Å². The SMILES string of the molecule is CO[C@@H]1[C@@H](O[C@@H]2O[C@H](C)[C@@H](O[C@H]3C[C@@](C)(O)[C@@H](OC(=O)CC(C)C)[C@H](C)O3)[C@H](N(C)C)[C@H]2O)[C@@H](CC=O)C[C@@H](C)[C@@H](O)/C=C\C=C/C[C@@H](C)OC(=O)C[C@H]1OC(C)=O.Cl. The number of hydrogen-bond acceptors (Lipinski definition) is 16. The van der Waals surface area contributed by atoms with E-state index in [2.05, 4.69) is 0 Å². The van der Waals surface area contributed by atoms with E-state index < -0.39 is 121 Å². The van der Waals surface area contributed by atoms with Crippen LogP contribution in [0.15, 0.2) is 24.3 Å². The van der Waals surface area contributed by atoms with E-state index in [1.165, 1.54) is 14.0 Å². The van der Waals surface area contributed by atoms with Gasteiger partial charge in [-0.25, -0.2) is 0 Å². The van der Waals surface area contributed by atoms with Crippen molar-refractivity contribution in [1.29, 1.82) is 0 Å². The molecule has 0 aromatic heterocycles. The fourth-order valence-electron chi connectivity index (χ4n) is 8.08. The number of likely N-dealkylation sites (N-methyl/N-ethyl adjacent to an activating group) is 1. The lowest BCUT2D eigenvalue weighted by Gasteiger charge is -2.50. The summed E-state index contributed by atoms with van der Waals surface area (Å²) >= 11 is 0. The summed E-state index contributed by atoms with van der Waals surface area (Å²) in [4.78, 5) is 52.3. The molecule has 3 rings (SSSR count). The predicted molar refractivity (Wildman–Crippen MR) is 217 cm³/mol. The van der Waals surface area contributed by atoms with Crippen molar-refractivity contribution in [1.82, 2.24) is 4.90 Å². The van der Waals surface area contributed by atoms with Crippen LogP contribution in [0.4, 0.5) is 0 Å². The molecule has 0 saturated carbocycles. The van der Waals surface area contributed by atoms with Crippen molar-refractivity contribution in [2.45, 2.75) is 179 Å². The molecule has 0 radical (unpaired) electrons. The zero-order chi connectivity index (χ0) is 43.5. The second kappa shape index (κ2) is 24.2. The minimum atomic E-state index is -1.50. The molecule has 0 unspecified atom stereocenters. The molecule has 0 aromatic carbocycles. The summed E-state index contributed by atoms with van der Waals surface area (Å²) in [6, 6.07) is -0.782. The summed E-state index contributed by atoms with van der Waals surface area (Å²) < 4.78 is 48.6. The van der Waals surface area contributed by atoms with E-state index in [1.807, 2.05) is 20.8 Å². The Kier molecular flexibility index (Phi) is 21.6. The van der Waals surface area contributed by atoms with Gasteiger partial charge in [-0.1, -0.05) is 45.1 Å². The molecule has 16 nitrogen and oxygen atoms in total. The second-order valence-electron chi connectivity index (χ2n) is 17.0. The van der Waals surface area contributed by atoms with Crippen molar-refractivity contribution in [3.63, 3.8) is 0 Å². The minimum absolute atomic E-state index is 0. The highest BCUT2D eigenvalue weighted by atomic mass is 35.5. The number of esters is 3. The first-order valence-electron chi connectivity index (χ1n) is 20.4. The van der Waals surface area contributed by atoms with Gasteiger partial charge >= 0.3 is 17.9 Å². The average Bonchev–Trinajstić information content (AvgIpc) is 3.09. The smallest absolute Gasteiger partial charge is 0.309 e. The number of aliphatic hydroxyl groups is 3. The molecular formula is C42H70ClNO15. The summed E-state index contributed by atoms with van der Waals surface area (Å²) in [5.74, 6) is -2.82. The molecule has 59 heavy (non-hydrogen) atoms.